The lowest BCUT2D eigenvalue weighted by atomic mass is 10.2. The zero-order chi connectivity index (χ0) is 13.4. The summed E-state index contributed by atoms with van der Waals surface area (Å²) in [5.41, 5.74) is 10.4. The summed E-state index contributed by atoms with van der Waals surface area (Å²) in [7, 11) is 0. The van der Waals surface area contributed by atoms with E-state index in [4.69, 9.17) is 5.73 Å². The van der Waals surface area contributed by atoms with Gasteiger partial charge in [0.05, 0.1) is 16.0 Å². The van der Waals surface area contributed by atoms with E-state index in [-0.39, 0.29) is 0 Å². The third-order valence-electron chi connectivity index (χ3n) is 3.15. The number of nitrogens with two attached hydrogens (primary N) is 1. The van der Waals surface area contributed by atoms with Gasteiger partial charge in [-0.3, -0.25) is 0 Å². The minimum atomic E-state index is 0.578. The van der Waals surface area contributed by atoms with E-state index in [0.29, 0.717) is 5.95 Å². The number of anilines is 1. The average molecular weight is 272 g/mol. The normalized spacial score (nSPS) is 11.3. The molecule has 4 nitrogen and oxygen atoms in total. The molecule has 3 aromatic rings. The fourth-order valence-corrected chi connectivity index (χ4v) is 2.98. The predicted molar refractivity (Wildman–Crippen MR) is 79.4 cm³/mol. The number of hydrogen-bond acceptors (Lipinski definition) is 4. The molecule has 0 aliphatic carbocycles. The van der Waals surface area contributed by atoms with E-state index >= 15 is 0 Å². The van der Waals surface area contributed by atoms with E-state index < -0.39 is 0 Å². The van der Waals surface area contributed by atoms with Gasteiger partial charge in [0.1, 0.15) is 0 Å². The Balaban J connectivity index is 1.91. The Bertz CT molecular complexity index is 726. The van der Waals surface area contributed by atoms with Crippen molar-refractivity contribution in [2.75, 3.05) is 5.73 Å². The van der Waals surface area contributed by atoms with Crippen LogP contribution >= 0.6 is 11.3 Å². The van der Waals surface area contributed by atoms with E-state index in [0.717, 1.165) is 34.7 Å². The van der Waals surface area contributed by atoms with Gasteiger partial charge in [-0.2, -0.15) is 0 Å². The Kier molecular flexibility index (Phi) is 2.98. The van der Waals surface area contributed by atoms with Gasteiger partial charge in [-0.1, -0.05) is 6.07 Å². The highest BCUT2D eigenvalue weighted by atomic mass is 32.1. The van der Waals surface area contributed by atoms with Crippen LogP contribution in [0.3, 0.4) is 0 Å². The Morgan fingerprint density at radius 1 is 1.26 bits per heavy atom. The number of thiazole rings is 1. The van der Waals surface area contributed by atoms with Crippen molar-refractivity contribution in [2.24, 2.45) is 0 Å². The van der Waals surface area contributed by atoms with Gasteiger partial charge in [-0.25, -0.2) is 9.97 Å². The molecule has 5 heteroatoms. The van der Waals surface area contributed by atoms with Crippen LogP contribution in [0.2, 0.25) is 0 Å². The van der Waals surface area contributed by atoms with Crippen LogP contribution in [0, 0.1) is 13.8 Å². The summed E-state index contributed by atoms with van der Waals surface area (Å²) in [4.78, 5) is 8.88. The molecule has 0 amide bonds. The first-order valence-electron chi connectivity index (χ1n) is 6.27. The lowest BCUT2D eigenvalue weighted by Crippen LogP contribution is -2.05. The fraction of sp³-hybridized carbons (Fsp3) is 0.286. The maximum atomic E-state index is 6.01. The molecule has 0 atom stereocenters. The van der Waals surface area contributed by atoms with Crippen molar-refractivity contribution < 1.29 is 0 Å². The van der Waals surface area contributed by atoms with E-state index in [2.05, 4.69) is 39.0 Å². The monoisotopic (exact) mass is 272 g/mol. The number of imidazole rings is 1. The standard InChI is InChI=1S/C14H16N4S/c1-9-3-4-11-12(7-9)18(14(15)17-11)6-5-13-16-10(2)8-19-13/h3-4,7-8H,5-6H2,1-2H3,(H2,15,17). The van der Waals surface area contributed by atoms with Crippen molar-refractivity contribution in [2.45, 2.75) is 26.8 Å². The SMILES string of the molecule is Cc1ccc2nc(N)n(CCc3nc(C)cs3)c2c1. The largest absolute Gasteiger partial charge is 0.369 e. The quantitative estimate of drug-likeness (QED) is 0.797. The molecule has 0 spiro atoms. The minimum absolute atomic E-state index is 0.578. The molecule has 0 saturated heterocycles. The molecule has 3 rings (SSSR count). The van der Waals surface area contributed by atoms with Crippen molar-refractivity contribution in [3.05, 3.63) is 39.8 Å². The molecule has 2 N–H and O–H groups in total. The second kappa shape index (κ2) is 4.66. The van der Waals surface area contributed by atoms with Crippen molar-refractivity contribution in [3.63, 3.8) is 0 Å². The first-order valence-corrected chi connectivity index (χ1v) is 7.15. The number of hydrogen-bond donors (Lipinski definition) is 1. The first kappa shape index (κ1) is 12.2. The molecule has 2 heterocycles. The lowest BCUT2D eigenvalue weighted by Gasteiger charge is -2.05. The summed E-state index contributed by atoms with van der Waals surface area (Å²) in [6, 6.07) is 6.21. The highest BCUT2D eigenvalue weighted by Gasteiger charge is 2.09. The van der Waals surface area contributed by atoms with Gasteiger partial charge in [0, 0.05) is 24.0 Å². The molecule has 1 aromatic carbocycles. The zero-order valence-electron chi connectivity index (χ0n) is 11.1. The van der Waals surface area contributed by atoms with Gasteiger partial charge in [0.15, 0.2) is 0 Å². The molecule has 0 fully saturated rings. The Labute approximate surface area is 115 Å². The van der Waals surface area contributed by atoms with Crippen molar-refractivity contribution in [3.8, 4) is 0 Å². The first-order chi connectivity index (χ1) is 9.13. The molecule has 19 heavy (non-hydrogen) atoms. The summed E-state index contributed by atoms with van der Waals surface area (Å²) in [6.45, 7) is 4.92. The molecule has 2 aromatic heterocycles. The van der Waals surface area contributed by atoms with E-state index in [1.54, 1.807) is 11.3 Å². The predicted octanol–water partition coefficient (Wildman–Crippen LogP) is 2.93. The van der Waals surface area contributed by atoms with Gasteiger partial charge in [0.25, 0.3) is 0 Å². The highest BCUT2D eigenvalue weighted by molar-refractivity contribution is 7.09. The van der Waals surface area contributed by atoms with Crippen LogP contribution in [0.4, 0.5) is 5.95 Å². The molecule has 0 saturated carbocycles. The van der Waals surface area contributed by atoms with E-state index in [9.17, 15) is 0 Å². The lowest BCUT2D eigenvalue weighted by molar-refractivity contribution is 0.721. The number of fused-ring (bicyclic) bond motifs is 1. The second-order valence-corrected chi connectivity index (χ2v) is 5.69. The summed E-state index contributed by atoms with van der Waals surface area (Å²) >= 11 is 1.70. The minimum Gasteiger partial charge on any atom is -0.369 e. The van der Waals surface area contributed by atoms with Gasteiger partial charge in [-0.05, 0) is 31.5 Å². The summed E-state index contributed by atoms with van der Waals surface area (Å²) in [5.74, 6) is 0.578. The van der Waals surface area contributed by atoms with Crippen molar-refractivity contribution in [1.29, 1.82) is 0 Å². The number of nitrogens with zero attached hydrogens (tertiary/aromatic N) is 3. The number of benzene rings is 1. The third-order valence-corrected chi connectivity index (χ3v) is 4.18. The summed E-state index contributed by atoms with van der Waals surface area (Å²) in [6.07, 6.45) is 0.891. The van der Waals surface area contributed by atoms with Gasteiger partial charge in [-0.15, -0.1) is 11.3 Å². The molecular weight excluding hydrogens is 256 g/mol. The molecule has 0 radical (unpaired) electrons. The number of nitrogen functional groups attached to an aromatic ring is 1. The van der Waals surface area contributed by atoms with Gasteiger partial charge in [0.2, 0.25) is 5.95 Å². The van der Waals surface area contributed by atoms with Crippen LogP contribution in [0.5, 0.6) is 0 Å². The van der Waals surface area contributed by atoms with Crippen LogP contribution in [-0.2, 0) is 13.0 Å². The Morgan fingerprint density at radius 2 is 2.11 bits per heavy atom. The van der Waals surface area contributed by atoms with Crippen molar-refractivity contribution in [1.82, 2.24) is 14.5 Å². The Hall–Kier alpha value is -1.88. The van der Waals surface area contributed by atoms with Crippen LogP contribution in [0.25, 0.3) is 11.0 Å². The van der Waals surface area contributed by atoms with Crippen LogP contribution in [0.1, 0.15) is 16.3 Å². The maximum Gasteiger partial charge on any atom is 0.201 e. The fourth-order valence-electron chi connectivity index (χ4n) is 2.21. The molecule has 0 bridgehead atoms. The summed E-state index contributed by atoms with van der Waals surface area (Å²) in [5, 5.41) is 3.22. The molecule has 0 unspecified atom stereocenters. The average Bonchev–Trinajstić information content (AvgIpc) is 2.90. The van der Waals surface area contributed by atoms with Crippen LogP contribution < -0.4 is 5.73 Å². The van der Waals surface area contributed by atoms with Crippen LogP contribution in [-0.4, -0.2) is 14.5 Å². The van der Waals surface area contributed by atoms with E-state index in [1.807, 2.05) is 13.0 Å². The molecule has 0 aliphatic rings. The second-order valence-electron chi connectivity index (χ2n) is 4.75. The van der Waals surface area contributed by atoms with Crippen molar-refractivity contribution >= 4 is 28.3 Å². The van der Waals surface area contributed by atoms with Gasteiger partial charge < -0.3 is 10.3 Å². The topological polar surface area (TPSA) is 56.7 Å². The zero-order valence-corrected chi connectivity index (χ0v) is 11.9. The Morgan fingerprint density at radius 3 is 2.84 bits per heavy atom. The number of aromatic nitrogens is 3. The summed E-state index contributed by atoms with van der Waals surface area (Å²) < 4.78 is 2.07. The third kappa shape index (κ3) is 2.33. The maximum absolute atomic E-state index is 6.01. The van der Waals surface area contributed by atoms with Gasteiger partial charge >= 0.3 is 0 Å². The highest BCUT2D eigenvalue weighted by Crippen LogP contribution is 2.20. The van der Waals surface area contributed by atoms with E-state index in [1.165, 1.54) is 5.56 Å². The van der Waals surface area contributed by atoms with Crippen LogP contribution in [0.15, 0.2) is 23.6 Å². The molecular formula is C14H16N4S. The smallest absolute Gasteiger partial charge is 0.201 e. The number of aryl methyl sites for hydroxylation is 4. The molecule has 98 valence electrons. The number of rotatable bonds is 3. The molecule has 0 aliphatic heterocycles.